The number of halogens is 1. The van der Waals surface area contributed by atoms with E-state index in [1.54, 1.807) is 19.2 Å². The Morgan fingerprint density at radius 2 is 1.64 bits per heavy atom. The molecule has 2 aromatic carbocycles. The minimum atomic E-state index is -3.65. The fraction of sp³-hybridized carbons (Fsp3) is 0.316. The molecule has 4 N–H and O–H groups in total. The number of primary sulfonamides is 1. The predicted octanol–water partition coefficient (Wildman–Crippen LogP) is 2.05. The minimum absolute atomic E-state index is 0. The summed E-state index contributed by atoms with van der Waals surface area (Å²) in [5.41, 5.74) is 2.21. The van der Waals surface area contributed by atoms with Gasteiger partial charge in [0.15, 0.2) is 5.96 Å². The number of guanidine groups is 1. The monoisotopic (exact) mass is 518 g/mol. The van der Waals surface area contributed by atoms with Gasteiger partial charge in [-0.05, 0) is 43.2 Å². The summed E-state index contributed by atoms with van der Waals surface area (Å²) in [4.78, 5) is 4.28. The highest BCUT2D eigenvalue weighted by molar-refractivity contribution is 14.0. The molecule has 0 fully saturated rings. The summed E-state index contributed by atoms with van der Waals surface area (Å²) in [5, 5.41) is 11.5. The molecule has 0 bridgehead atoms. The lowest BCUT2D eigenvalue weighted by Crippen LogP contribution is -2.40. The molecule has 0 atom stereocenters. The molecule has 2 rings (SSSR count). The standard InChI is InChI=1S/C19H26N4O3S.HI/c1-15-3-7-17(8-4-15)26-14-13-23-19(21-2)22-12-11-16-5-9-18(10-6-16)27(20,24)25;/h3-10H,11-14H2,1-2H3,(H2,20,24,25)(H2,21,22,23);1H. The van der Waals surface area contributed by atoms with Crippen molar-refractivity contribution in [3.63, 3.8) is 0 Å². The first-order chi connectivity index (χ1) is 12.9. The highest BCUT2D eigenvalue weighted by Crippen LogP contribution is 2.11. The molecule has 0 heterocycles. The van der Waals surface area contributed by atoms with Gasteiger partial charge in [0.2, 0.25) is 10.0 Å². The molecule has 7 nitrogen and oxygen atoms in total. The van der Waals surface area contributed by atoms with Gasteiger partial charge >= 0.3 is 0 Å². The first-order valence-corrected chi connectivity index (χ1v) is 10.2. The maximum atomic E-state index is 11.2. The molecule has 0 amide bonds. The normalized spacial score (nSPS) is 11.5. The maximum absolute atomic E-state index is 11.2. The number of hydrogen-bond acceptors (Lipinski definition) is 4. The molecule has 0 spiro atoms. The number of sulfonamides is 1. The van der Waals surface area contributed by atoms with E-state index in [9.17, 15) is 8.42 Å². The molecule has 0 aliphatic rings. The Kier molecular flexibility index (Phi) is 10.3. The maximum Gasteiger partial charge on any atom is 0.238 e. The zero-order valence-corrected chi connectivity index (χ0v) is 19.2. The van der Waals surface area contributed by atoms with Crippen LogP contribution in [-0.4, -0.2) is 41.1 Å². The number of benzene rings is 2. The quantitative estimate of drug-likeness (QED) is 0.215. The molecule has 0 unspecified atom stereocenters. The summed E-state index contributed by atoms with van der Waals surface area (Å²) in [6, 6.07) is 14.5. The van der Waals surface area contributed by atoms with Crippen LogP contribution in [0.4, 0.5) is 0 Å². The van der Waals surface area contributed by atoms with E-state index in [-0.39, 0.29) is 28.9 Å². The first-order valence-electron chi connectivity index (χ1n) is 8.64. The van der Waals surface area contributed by atoms with Gasteiger partial charge in [-0.2, -0.15) is 0 Å². The van der Waals surface area contributed by atoms with E-state index in [0.717, 1.165) is 17.7 Å². The number of hydrogen-bond donors (Lipinski definition) is 3. The number of nitrogens with one attached hydrogen (secondary N) is 2. The largest absolute Gasteiger partial charge is 0.492 e. The highest BCUT2D eigenvalue weighted by Gasteiger charge is 2.06. The number of rotatable bonds is 8. The summed E-state index contributed by atoms with van der Waals surface area (Å²) in [6.45, 7) is 3.85. The molecule has 2 aromatic rings. The second-order valence-corrected chi connectivity index (χ2v) is 7.59. The van der Waals surface area contributed by atoms with Crippen LogP contribution < -0.4 is 20.5 Å². The van der Waals surface area contributed by atoms with Gasteiger partial charge in [-0.3, -0.25) is 4.99 Å². The van der Waals surface area contributed by atoms with Gasteiger partial charge in [-0.25, -0.2) is 13.6 Å². The summed E-state index contributed by atoms with van der Waals surface area (Å²) in [7, 11) is -1.94. The van der Waals surface area contributed by atoms with Crippen molar-refractivity contribution in [3.05, 3.63) is 59.7 Å². The Hall–Kier alpha value is -1.85. The molecule has 0 saturated carbocycles. The Bertz CT molecular complexity index is 854. The van der Waals surface area contributed by atoms with E-state index in [0.29, 0.717) is 25.7 Å². The van der Waals surface area contributed by atoms with Crippen LogP contribution in [-0.2, 0) is 16.4 Å². The van der Waals surface area contributed by atoms with Crippen molar-refractivity contribution in [2.24, 2.45) is 10.1 Å². The van der Waals surface area contributed by atoms with Gasteiger partial charge in [0.1, 0.15) is 12.4 Å². The molecule has 9 heteroatoms. The van der Waals surface area contributed by atoms with Crippen molar-refractivity contribution in [1.82, 2.24) is 10.6 Å². The van der Waals surface area contributed by atoms with Crippen LogP contribution in [0.1, 0.15) is 11.1 Å². The Labute approximate surface area is 183 Å². The molecule has 0 radical (unpaired) electrons. The van der Waals surface area contributed by atoms with Gasteiger partial charge in [0, 0.05) is 13.6 Å². The zero-order chi connectivity index (χ0) is 19.7. The van der Waals surface area contributed by atoms with E-state index >= 15 is 0 Å². The summed E-state index contributed by atoms with van der Waals surface area (Å²) >= 11 is 0. The van der Waals surface area contributed by atoms with Gasteiger partial charge in [-0.1, -0.05) is 29.8 Å². The van der Waals surface area contributed by atoms with Crippen molar-refractivity contribution in [2.75, 3.05) is 26.7 Å². The lowest BCUT2D eigenvalue weighted by molar-refractivity contribution is 0.322. The topological polar surface area (TPSA) is 106 Å². The molecular weight excluding hydrogens is 491 g/mol. The third kappa shape index (κ3) is 8.44. The van der Waals surface area contributed by atoms with Crippen LogP contribution >= 0.6 is 24.0 Å². The highest BCUT2D eigenvalue weighted by atomic mass is 127. The smallest absolute Gasteiger partial charge is 0.238 e. The van der Waals surface area contributed by atoms with E-state index in [2.05, 4.69) is 15.6 Å². The number of aliphatic imine (C=N–C) groups is 1. The number of nitrogens with two attached hydrogens (primary N) is 1. The average molecular weight is 518 g/mol. The lowest BCUT2D eigenvalue weighted by atomic mass is 10.1. The zero-order valence-electron chi connectivity index (χ0n) is 16.0. The van der Waals surface area contributed by atoms with Crippen LogP contribution in [0.5, 0.6) is 5.75 Å². The average Bonchev–Trinajstić information content (AvgIpc) is 2.65. The molecule has 154 valence electrons. The number of ether oxygens (including phenoxy) is 1. The van der Waals surface area contributed by atoms with Gasteiger partial charge in [0.05, 0.1) is 11.4 Å². The molecule has 0 aromatic heterocycles. The summed E-state index contributed by atoms with van der Waals surface area (Å²) in [5.74, 6) is 1.52. The third-order valence-corrected chi connectivity index (χ3v) is 4.80. The third-order valence-electron chi connectivity index (χ3n) is 3.87. The second kappa shape index (κ2) is 11.9. The van der Waals surface area contributed by atoms with Crippen molar-refractivity contribution in [1.29, 1.82) is 0 Å². The molecule has 0 aliphatic heterocycles. The lowest BCUT2D eigenvalue weighted by Gasteiger charge is -2.12. The Morgan fingerprint density at radius 3 is 2.21 bits per heavy atom. The Morgan fingerprint density at radius 1 is 1.04 bits per heavy atom. The van der Waals surface area contributed by atoms with Crippen LogP contribution in [0.2, 0.25) is 0 Å². The number of nitrogens with zero attached hydrogens (tertiary/aromatic N) is 1. The van der Waals surface area contributed by atoms with Crippen LogP contribution in [0.3, 0.4) is 0 Å². The van der Waals surface area contributed by atoms with E-state index in [1.807, 2.05) is 31.2 Å². The van der Waals surface area contributed by atoms with Crippen LogP contribution in [0.15, 0.2) is 58.4 Å². The second-order valence-electron chi connectivity index (χ2n) is 6.03. The molecule has 0 saturated heterocycles. The van der Waals surface area contributed by atoms with E-state index < -0.39 is 10.0 Å². The molecular formula is C19H27IN4O3S. The molecule has 28 heavy (non-hydrogen) atoms. The van der Waals surface area contributed by atoms with Crippen molar-refractivity contribution in [3.8, 4) is 5.75 Å². The van der Waals surface area contributed by atoms with Crippen molar-refractivity contribution in [2.45, 2.75) is 18.2 Å². The van der Waals surface area contributed by atoms with Crippen molar-refractivity contribution < 1.29 is 13.2 Å². The molecule has 0 aliphatic carbocycles. The van der Waals surface area contributed by atoms with Gasteiger partial charge in [-0.15, -0.1) is 24.0 Å². The first kappa shape index (κ1) is 24.2. The van der Waals surface area contributed by atoms with Gasteiger partial charge < -0.3 is 15.4 Å². The summed E-state index contributed by atoms with van der Waals surface area (Å²) in [6.07, 6.45) is 0.728. The van der Waals surface area contributed by atoms with E-state index in [1.165, 1.54) is 17.7 Å². The fourth-order valence-electron chi connectivity index (χ4n) is 2.36. The fourth-order valence-corrected chi connectivity index (χ4v) is 2.88. The number of aryl methyl sites for hydroxylation is 1. The summed E-state index contributed by atoms with van der Waals surface area (Å²) < 4.78 is 28.2. The van der Waals surface area contributed by atoms with Crippen LogP contribution in [0.25, 0.3) is 0 Å². The van der Waals surface area contributed by atoms with Crippen molar-refractivity contribution >= 4 is 40.0 Å². The SMILES string of the molecule is CN=C(NCCOc1ccc(C)cc1)NCCc1ccc(S(N)(=O)=O)cc1.I. The van der Waals surface area contributed by atoms with E-state index in [4.69, 9.17) is 9.88 Å². The minimum Gasteiger partial charge on any atom is -0.492 e. The van der Waals surface area contributed by atoms with Crippen LogP contribution in [0, 0.1) is 6.92 Å². The predicted molar refractivity (Wildman–Crippen MR) is 123 cm³/mol. The Balaban J connectivity index is 0.00000392. The van der Waals surface area contributed by atoms with Gasteiger partial charge in [0.25, 0.3) is 0 Å².